The van der Waals surface area contributed by atoms with Gasteiger partial charge >= 0.3 is 12.1 Å². The molecule has 1 aromatic heterocycles. The summed E-state index contributed by atoms with van der Waals surface area (Å²) in [5, 5.41) is 9.64. The molecule has 3 rings (SSSR count). The number of rotatable bonds is 8. The summed E-state index contributed by atoms with van der Waals surface area (Å²) in [4.78, 5) is 12.0. The molecule has 1 atom stereocenters. The molecular weight excluding hydrogens is 449 g/mol. The first-order valence-corrected chi connectivity index (χ1v) is 11.4. The summed E-state index contributed by atoms with van der Waals surface area (Å²) in [6, 6.07) is 12.7. The highest BCUT2D eigenvalue weighted by Gasteiger charge is 2.64. The van der Waals surface area contributed by atoms with Gasteiger partial charge in [0, 0.05) is 30.3 Å². The van der Waals surface area contributed by atoms with Crippen LogP contribution in [0.5, 0.6) is 0 Å². The number of nitrogens with zero attached hydrogens (tertiary/aromatic N) is 1. The van der Waals surface area contributed by atoms with E-state index < -0.39 is 39.9 Å². The summed E-state index contributed by atoms with van der Waals surface area (Å²) in [6.07, 6.45) is -3.22. The molecule has 0 aliphatic carbocycles. The molecular formula is C21H21F3N2O5S. The molecule has 7 nitrogen and oxygen atoms in total. The van der Waals surface area contributed by atoms with E-state index in [0.29, 0.717) is 0 Å². The number of halogens is 3. The van der Waals surface area contributed by atoms with Crippen LogP contribution in [0.25, 0.3) is 10.9 Å². The predicted octanol–water partition coefficient (Wildman–Crippen LogP) is 3.94. The Morgan fingerprint density at radius 2 is 1.81 bits per heavy atom. The van der Waals surface area contributed by atoms with Crippen molar-refractivity contribution in [2.24, 2.45) is 0 Å². The molecule has 0 radical (unpaired) electrons. The summed E-state index contributed by atoms with van der Waals surface area (Å²) in [7, 11) is -3.64. The minimum atomic E-state index is -5.26. The van der Waals surface area contributed by atoms with Crippen LogP contribution in [0, 0.1) is 0 Å². The minimum Gasteiger partial charge on any atom is -0.479 e. The van der Waals surface area contributed by atoms with E-state index >= 15 is 0 Å². The van der Waals surface area contributed by atoms with Crippen LogP contribution in [0.15, 0.2) is 54.7 Å². The zero-order valence-electron chi connectivity index (χ0n) is 17.2. The number of carboxylic acids is 1. The fourth-order valence-electron chi connectivity index (χ4n) is 3.59. The minimum absolute atomic E-state index is 0.0202. The van der Waals surface area contributed by atoms with Crippen molar-refractivity contribution in [2.45, 2.75) is 25.2 Å². The van der Waals surface area contributed by atoms with Crippen molar-refractivity contribution in [1.82, 2.24) is 4.57 Å². The molecule has 2 aromatic carbocycles. The van der Waals surface area contributed by atoms with E-state index in [2.05, 4.69) is 4.72 Å². The molecule has 11 heteroatoms. The van der Waals surface area contributed by atoms with Gasteiger partial charge in [0.1, 0.15) is 0 Å². The normalized spacial score (nSPS) is 14.3. The number of benzene rings is 2. The number of aliphatic carboxylic acids is 1. The largest absolute Gasteiger partial charge is 0.479 e. The van der Waals surface area contributed by atoms with Gasteiger partial charge in [-0.05, 0) is 24.6 Å². The molecule has 0 spiro atoms. The summed E-state index contributed by atoms with van der Waals surface area (Å²) in [5.74, 6) is -2.19. The van der Waals surface area contributed by atoms with E-state index in [4.69, 9.17) is 4.74 Å². The lowest BCUT2D eigenvalue weighted by Crippen LogP contribution is -2.51. The summed E-state index contributed by atoms with van der Waals surface area (Å²) < 4.78 is 74.3. The summed E-state index contributed by atoms with van der Waals surface area (Å²) >= 11 is 0. The van der Waals surface area contributed by atoms with Crippen LogP contribution in [0.3, 0.4) is 0 Å². The maximum atomic E-state index is 14.2. The Kier molecular flexibility index (Phi) is 6.25. The molecule has 2 N–H and O–H groups in total. The van der Waals surface area contributed by atoms with Crippen LogP contribution < -0.4 is 4.72 Å². The topological polar surface area (TPSA) is 97.6 Å². The van der Waals surface area contributed by atoms with Gasteiger partial charge in [-0.25, -0.2) is 13.2 Å². The Bertz CT molecular complexity index is 1240. The number of alkyl halides is 3. The Hall–Kier alpha value is -3.05. The predicted molar refractivity (Wildman–Crippen MR) is 113 cm³/mol. The lowest BCUT2D eigenvalue weighted by Gasteiger charge is -2.31. The van der Waals surface area contributed by atoms with Gasteiger partial charge in [0.15, 0.2) is 0 Å². The van der Waals surface area contributed by atoms with Crippen molar-refractivity contribution in [3.05, 3.63) is 65.9 Å². The number of fused-ring (bicyclic) bond motifs is 1. The van der Waals surface area contributed by atoms with E-state index in [-0.39, 0.29) is 23.1 Å². The number of aromatic nitrogens is 1. The average Bonchev–Trinajstić information content (AvgIpc) is 3.02. The van der Waals surface area contributed by atoms with E-state index in [1.807, 2.05) is 0 Å². The van der Waals surface area contributed by atoms with Gasteiger partial charge in [-0.3, -0.25) is 4.72 Å². The van der Waals surface area contributed by atoms with Crippen molar-refractivity contribution in [1.29, 1.82) is 0 Å². The number of sulfonamides is 1. The number of carbonyl (C=O) groups is 1. The van der Waals surface area contributed by atoms with E-state index in [1.165, 1.54) is 29.7 Å². The highest BCUT2D eigenvalue weighted by molar-refractivity contribution is 7.92. The summed E-state index contributed by atoms with van der Waals surface area (Å²) in [6.45, 7) is 0.908. The van der Waals surface area contributed by atoms with Crippen LogP contribution in [0.2, 0.25) is 0 Å². The van der Waals surface area contributed by atoms with Crippen LogP contribution in [0.1, 0.15) is 18.1 Å². The molecule has 0 bridgehead atoms. The molecule has 0 saturated carbocycles. The molecule has 172 valence electrons. The van der Waals surface area contributed by atoms with Gasteiger partial charge in [0.25, 0.3) is 5.60 Å². The fraction of sp³-hybridized carbons (Fsp3) is 0.286. The first-order valence-electron chi connectivity index (χ1n) is 9.48. The van der Waals surface area contributed by atoms with Gasteiger partial charge in [0.05, 0.1) is 17.5 Å². The number of hydrogen-bond donors (Lipinski definition) is 2. The standard InChI is InChI=1S/C21H21F3N2O5S/c1-3-31-20(19(27)28,21(22,23)24)17-13-26(12-14-7-5-4-6-8-14)18-11-15(9-10-16(17)18)25-32(2,29)30/h4-11,13,25H,3,12H2,1-2H3,(H,27,28). The van der Waals surface area contributed by atoms with E-state index in [1.54, 1.807) is 30.3 Å². The van der Waals surface area contributed by atoms with Crippen LogP contribution >= 0.6 is 0 Å². The van der Waals surface area contributed by atoms with Gasteiger partial charge in [0.2, 0.25) is 10.0 Å². The third kappa shape index (κ3) is 4.44. The van der Waals surface area contributed by atoms with Gasteiger partial charge in [-0.15, -0.1) is 0 Å². The van der Waals surface area contributed by atoms with E-state index in [0.717, 1.165) is 18.0 Å². The zero-order valence-corrected chi connectivity index (χ0v) is 18.0. The molecule has 1 unspecified atom stereocenters. The van der Waals surface area contributed by atoms with Crippen molar-refractivity contribution >= 4 is 32.6 Å². The Morgan fingerprint density at radius 3 is 2.34 bits per heavy atom. The Labute approximate surface area is 182 Å². The van der Waals surface area contributed by atoms with Crippen LogP contribution in [-0.4, -0.2) is 43.1 Å². The SMILES string of the molecule is CCOC(C(=O)O)(c1cn(Cc2ccccc2)c2cc(NS(C)(=O)=O)ccc12)C(F)(F)F. The van der Waals surface area contributed by atoms with Crippen molar-refractivity contribution < 1.29 is 36.2 Å². The Morgan fingerprint density at radius 1 is 1.16 bits per heavy atom. The first-order chi connectivity index (χ1) is 14.9. The fourth-order valence-corrected chi connectivity index (χ4v) is 4.14. The quantitative estimate of drug-likeness (QED) is 0.520. The smallest absolute Gasteiger partial charge is 0.432 e. The zero-order chi connectivity index (χ0) is 23.7. The monoisotopic (exact) mass is 470 g/mol. The number of ether oxygens (including phenoxy) is 1. The second kappa shape index (κ2) is 8.47. The number of nitrogens with one attached hydrogen (secondary N) is 1. The van der Waals surface area contributed by atoms with Crippen LogP contribution in [-0.2, 0) is 31.7 Å². The maximum absolute atomic E-state index is 14.2. The molecule has 0 saturated heterocycles. The number of hydrogen-bond acceptors (Lipinski definition) is 4. The third-order valence-electron chi connectivity index (χ3n) is 4.82. The van der Waals surface area contributed by atoms with Crippen molar-refractivity contribution in [3.63, 3.8) is 0 Å². The highest BCUT2D eigenvalue weighted by atomic mass is 32.2. The lowest BCUT2D eigenvalue weighted by molar-refractivity contribution is -0.279. The molecule has 0 amide bonds. The Balaban J connectivity index is 2.32. The van der Waals surface area contributed by atoms with Gasteiger partial charge < -0.3 is 14.4 Å². The average molecular weight is 470 g/mol. The van der Waals surface area contributed by atoms with E-state index in [9.17, 15) is 31.5 Å². The maximum Gasteiger partial charge on any atom is 0.432 e. The molecule has 0 aliphatic heterocycles. The lowest BCUT2D eigenvalue weighted by atomic mass is 9.92. The number of carboxylic acid groups (broad SMARTS) is 1. The van der Waals surface area contributed by atoms with Crippen molar-refractivity contribution in [2.75, 3.05) is 17.6 Å². The second-order valence-corrected chi connectivity index (χ2v) is 8.93. The molecule has 1 heterocycles. The molecule has 32 heavy (non-hydrogen) atoms. The van der Waals surface area contributed by atoms with Crippen LogP contribution in [0.4, 0.5) is 18.9 Å². The molecule has 0 fully saturated rings. The second-order valence-electron chi connectivity index (χ2n) is 7.18. The third-order valence-corrected chi connectivity index (χ3v) is 5.43. The highest BCUT2D eigenvalue weighted by Crippen LogP contribution is 2.46. The van der Waals surface area contributed by atoms with Gasteiger partial charge in [-0.1, -0.05) is 36.4 Å². The first kappa shape index (κ1) is 23.6. The van der Waals surface area contributed by atoms with Gasteiger partial charge in [-0.2, -0.15) is 13.2 Å². The van der Waals surface area contributed by atoms with Crippen molar-refractivity contribution in [3.8, 4) is 0 Å². The molecule has 0 aliphatic rings. The summed E-state index contributed by atoms with van der Waals surface area (Å²) in [5.41, 5.74) is -3.08. The number of anilines is 1. The molecule has 3 aromatic rings.